The van der Waals surface area contributed by atoms with Gasteiger partial charge < -0.3 is 9.64 Å². The van der Waals surface area contributed by atoms with Crippen LogP contribution in [0.2, 0.25) is 0 Å². The van der Waals surface area contributed by atoms with Gasteiger partial charge in [-0.2, -0.15) is 14.9 Å². The number of carbonyl (C=O) groups is 2. The fraction of sp³-hybridized carbons (Fsp3) is 0.571. The van der Waals surface area contributed by atoms with Crippen molar-refractivity contribution in [2.45, 2.75) is 77.1 Å². The van der Waals surface area contributed by atoms with Crippen LogP contribution in [-0.2, 0) is 24.1 Å². The van der Waals surface area contributed by atoms with Crippen LogP contribution in [0.4, 0.5) is 4.79 Å². The molecule has 1 saturated carbocycles. The Labute approximate surface area is 258 Å². The number of rotatable bonds is 13. The average molecular weight is 615 g/mol. The van der Waals surface area contributed by atoms with Gasteiger partial charge in [0, 0.05) is 64.6 Å². The Hall–Kier alpha value is -5.23. The molecule has 0 bridgehead atoms. The van der Waals surface area contributed by atoms with Crippen molar-refractivity contribution in [2.24, 2.45) is 20.8 Å². The molecule has 0 aliphatic heterocycles. The number of azide groups is 3. The van der Waals surface area contributed by atoms with Gasteiger partial charge in [0.2, 0.25) is 0 Å². The standard InChI is InChI=1S/C28H34N14O3/c1-18(2)45-27(44)41-14-19-12-21(8-9-24(19)36-41)42(20-6-7-20)26(43)22-4-3-5-25-23(22)13-35-40(25)11-10-28(15-32-37-29,16-33-38-30)17-34-39-31/h3-5,13-14,18,20-21H,6-12,15-17H2,1-2H3. The minimum absolute atomic E-state index is 0.0260. The van der Waals surface area contributed by atoms with Crippen LogP contribution in [0.5, 0.6) is 0 Å². The third-order valence-corrected chi connectivity index (χ3v) is 8.32. The van der Waals surface area contributed by atoms with Crippen LogP contribution < -0.4 is 0 Å². The van der Waals surface area contributed by atoms with Gasteiger partial charge in [0.25, 0.3) is 5.91 Å². The number of aryl methyl sites for hydroxylation is 2. The minimum Gasteiger partial charge on any atom is -0.445 e. The van der Waals surface area contributed by atoms with Crippen LogP contribution in [0.25, 0.3) is 42.2 Å². The molecule has 2 aromatic heterocycles. The molecule has 234 valence electrons. The first-order chi connectivity index (χ1) is 21.8. The zero-order chi connectivity index (χ0) is 32.0. The maximum absolute atomic E-state index is 14.2. The highest BCUT2D eigenvalue weighted by atomic mass is 16.6. The highest BCUT2D eigenvalue weighted by Gasteiger charge is 2.40. The predicted octanol–water partition coefficient (Wildman–Crippen LogP) is 6.10. The number of fused-ring (bicyclic) bond motifs is 2. The Bertz CT molecular complexity index is 1670. The highest BCUT2D eigenvalue weighted by Crippen LogP contribution is 2.36. The lowest BCUT2D eigenvalue weighted by atomic mass is 9.84. The fourth-order valence-corrected chi connectivity index (χ4v) is 5.94. The van der Waals surface area contributed by atoms with Gasteiger partial charge in [0.1, 0.15) is 0 Å². The van der Waals surface area contributed by atoms with Crippen molar-refractivity contribution in [3.8, 4) is 0 Å². The molecule has 0 N–H and O–H groups in total. The van der Waals surface area contributed by atoms with E-state index in [1.165, 1.54) is 4.68 Å². The largest absolute Gasteiger partial charge is 0.445 e. The van der Waals surface area contributed by atoms with E-state index >= 15 is 0 Å². The monoisotopic (exact) mass is 614 g/mol. The van der Waals surface area contributed by atoms with Crippen molar-refractivity contribution >= 4 is 22.9 Å². The number of nitrogens with zero attached hydrogens (tertiary/aromatic N) is 14. The Morgan fingerprint density at radius 2 is 1.76 bits per heavy atom. The number of ether oxygens (including phenoxy) is 1. The molecule has 1 aromatic carbocycles. The van der Waals surface area contributed by atoms with E-state index in [1.54, 1.807) is 30.9 Å². The molecule has 1 unspecified atom stereocenters. The van der Waals surface area contributed by atoms with Gasteiger partial charge in [-0.3, -0.25) is 9.48 Å². The average Bonchev–Trinajstić information content (AvgIpc) is 3.62. The number of carbonyl (C=O) groups excluding carboxylic acids is 2. The first-order valence-corrected chi connectivity index (χ1v) is 14.9. The lowest BCUT2D eigenvalue weighted by molar-refractivity contribution is 0.0644. The highest BCUT2D eigenvalue weighted by molar-refractivity contribution is 6.06. The third kappa shape index (κ3) is 6.96. The van der Waals surface area contributed by atoms with Crippen molar-refractivity contribution in [3.05, 3.63) is 78.7 Å². The van der Waals surface area contributed by atoms with Gasteiger partial charge in [-0.05, 0) is 92.1 Å². The Morgan fingerprint density at radius 1 is 1.07 bits per heavy atom. The fourth-order valence-electron chi connectivity index (χ4n) is 5.94. The minimum atomic E-state index is -0.891. The van der Waals surface area contributed by atoms with Crippen molar-refractivity contribution in [1.82, 2.24) is 24.5 Å². The summed E-state index contributed by atoms with van der Waals surface area (Å²) in [4.78, 5) is 37.1. The summed E-state index contributed by atoms with van der Waals surface area (Å²) in [5, 5.41) is 20.7. The van der Waals surface area contributed by atoms with E-state index in [0.29, 0.717) is 36.8 Å². The molecule has 2 aliphatic rings. The van der Waals surface area contributed by atoms with E-state index in [4.69, 9.17) is 21.3 Å². The molecule has 17 nitrogen and oxygen atoms in total. The van der Waals surface area contributed by atoms with E-state index < -0.39 is 11.5 Å². The third-order valence-electron chi connectivity index (χ3n) is 8.32. The van der Waals surface area contributed by atoms with Gasteiger partial charge in [-0.1, -0.05) is 21.4 Å². The van der Waals surface area contributed by atoms with Crippen molar-refractivity contribution in [1.29, 1.82) is 0 Å². The topological polar surface area (TPSA) is 229 Å². The summed E-state index contributed by atoms with van der Waals surface area (Å²) in [6.07, 6.45) is 6.85. The molecular weight excluding hydrogens is 580 g/mol. The quantitative estimate of drug-likeness (QED) is 0.126. The van der Waals surface area contributed by atoms with Gasteiger partial charge >= 0.3 is 6.09 Å². The first kappa shape index (κ1) is 31.2. The van der Waals surface area contributed by atoms with Crippen LogP contribution in [-0.4, -0.2) is 74.3 Å². The second-order valence-corrected chi connectivity index (χ2v) is 11.8. The van der Waals surface area contributed by atoms with Crippen LogP contribution in [0.1, 0.15) is 61.1 Å². The predicted molar refractivity (Wildman–Crippen MR) is 163 cm³/mol. The van der Waals surface area contributed by atoms with Gasteiger partial charge in [0.15, 0.2) is 0 Å². The molecule has 0 spiro atoms. The number of benzene rings is 1. The molecule has 3 aromatic rings. The lowest BCUT2D eigenvalue weighted by Gasteiger charge is -2.34. The summed E-state index contributed by atoms with van der Waals surface area (Å²) in [6, 6.07) is 5.64. The second-order valence-electron chi connectivity index (χ2n) is 11.8. The first-order valence-electron chi connectivity index (χ1n) is 14.9. The molecule has 2 heterocycles. The summed E-state index contributed by atoms with van der Waals surface area (Å²) < 4.78 is 8.30. The lowest BCUT2D eigenvalue weighted by Crippen LogP contribution is -2.44. The molecule has 17 heteroatoms. The van der Waals surface area contributed by atoms with Crippen molar-refractivity contribution in [3.63, 3.8) is 0 Å². The summed E-state index contributed by atoms with van der Waals surface area (Å²) in [6.45, 7) is 3.84. The molecule has 5 rings (SSSR count). The SMILES string of the molecule is CC(C)OC(=O)n1cc2c(n1)CCC(N(C(=O)c1cccc3c1cnn3CCC(CN=[N+]=[N-])(CN=[N+]=[N-])CN=[N+]=[N-])C1CC1)C2. The maximum Gasteiger partial charge on any atom is 0.434 e. The summed E-state index contributed by atoms with van der Waals surface area (Å²) in [7, 11) is 0. The summed E-state index contributed by atoms with van der Waals surface area (Å²) in [5.74, 6) is -0.0628. The number of amides is 1. The van der Waals surface area contributed by atoms with Gasteiger partial charge in [0.05, 0.1) is 29.1 Å². The van der Waals surface area contributed by atoms with Crippen LogP contribution in [0.15, 0.2) is 45.9 Å². The van der Waals surface area contributed by atoms with Crippen LogP contribution >= 0.6 is 0 Å². The summed E-state index contributed by atoms with van der Waals surface area (Å²) in [5.41, 5.74) is 29.0. The molecule has 45 heavy (non-hydrogen) atoms. The van der Waals surface area contributed by atoms with Gasteiger partial charge in [-0.15, -0.1) is 0 Å². The Kier molecular flexibility index (Phi) is 9.43. The Balaban J connectivity index is 1.37. The smallest absolute Gasteiger partial charge is 0.434 e. The zero-order valence-electron chi connectivity index (χ0n) is 25.2. The molecule has 1 amide bonds. The zero-order valence-corrected chi connectivity index (χ0v) is 25.2. The maximum atomic E-state index is 14.2. The van der Waals surface area contributed by atoms with Gasteiger partial charge in [-0.25, -0.2) is 4.79 Å². The molecule has 1 fully saturated rings. The van der Waals surface area contributed by atoms with Crippen LogP contribution in [0, 0.1) is 5.41 Å². The van der Waals surface area contributed by atoms with E-state index in [1.807, 2.05) is 23.1 Å². The van der Waals surface area contributed by atoms with E-state index in [0.717, 1.165) is 36.0 Å². The second kappa shape index (κ2) is 13.6. The van der Waals surface area contributed by atoms with E-state index in [9.17, 15) is 9.59 Å². The molecule has 0 saturated heterocycles. The molecular formula is C28H34N14O3. The Morgan fingerprint density at radius 3 is 2.38 bits per heavy atom. The molecule has 1 atom stereocenters. The van der Waals surface area contributed by atoms with Crippen LogP contribution in [0.3, 0.4) is 0 Å². The number of aromatic nitrogens is 4. The molecule has 2 aliphatic carbocycles. The van der Waals surface area contributed by atoms with E-state index in [-0.39, 0.29) is 43.7 Å². The normalized spacial score (nSPS) is 16.9. The number of hydrogen-bond acceptors (Lipinski definition) is 8. The molecule has 0 radical (unpaired) electrons. The summed E-state index contributed by atoms with van der Waals surface area (Å²) >= 11 is 0. The number of hydrogen-bond donors (Lipinski definition) is 0. The van der Waals surface area contributed by atoms with E-state index in [2.05, 4.69) is 40.3 Å². The van der Waals surface area contributed by atoms with Crippen molar-refractivity contribution in [2.75, 3.05) is 19.6 Å². The van der Waals surface area contributed by atoms with Crippen molar-refractivity contribution < 1.29 is 14.3 Å².